The van der Waals surface area contributed by atoms with E-state index in [1.165, 1.54) is 6.08 Å². The second-order valence-electron chi connectivity index (χ2n) is 3.65. The molecule has 1 N–H and O–H groups in total. The largest absolute Gasteiger partial charge is 0.489 e. The van der Waals surface area contributed by atoms with Gasteiger partial charge in [0.1, 0.15) is 5.75 Å². The molecule has 1 heterocycles. The van der Waals surface area contributed by atoms with Gasteiger partial charge in [-0.15, -0.1) is 0 Å². The summed E-state index contributed by atoms with van der Waals surface area (Å²) in [5.74, 6) is -0.268. The summed E-state index contributed by atoms with van der Waals surface area (Å²) in [4.78, 5) is 14.4. The van der Waals surface area contributed by atoms with Gasteiger partial charge in [-0.25, -0.2) is 4.79 Å². The molecule has 0 atom stereocenters. The van der Waals surface area contributed by atoms with Gasteiger partial charge in [0.2, 0.25) is 0 Å². The average molecular weight is 235 g/mol. The Bertz CT molecular complexity index is 380. The second kappa shape index (κ2) is 6.68. The molecule has 0 radical (unpaired) electrons. The van der Waals surface area contributed by atoms with Crippen molar-refractivity contribution in [3.63, 3.8) is 0 Å². The standard InChI is InChI=1S/C13H17NO3/c1-3-11(4-2)17-12-7-5-10(14-9-12)6-8-13(15)16/h5-9,11H,3-4H2,1-2H3,(H,15,16). The quantitative estimate of drug-likeness (QED) is 0.770. The highest BCUT2D eigenvalue weighted by Gasteiger charge is 2.04. The highest BCUT2D eigenvalue weighted by molar-refractivity contribution is 5.84. The first-order valence-corrected chi connectivity index (χ1v) is 5.69. The molecule has 0 aromatic carbocycles. The molecule has 0 aliphatic heterocycles. The molecule has 0 saturated carbocycles. The van der Waals surface area contributed by atoms with Crippen LogP contribution >= 0.6 is 0 Å². The minimum absolute atomic E-state index is 0.206. The van der Waals surface area contributed by atoms with E-state index in [2.05, 4.69) is 18.8 Å². The van der Waals surface area contributed by atoms with Crippen molar-refractivity contribution in [3.8, 4) is 5.75 Å². The Morgan fingerprint density at radius 3 is 2.65 bits per heavy atom. The third-order valence-corrected chi connectivity index (χ3v) is 2.37. The van der Waals surface area contributed by atoms with Gasteiger partial charge in [-0.2, -0.15) is 0 Å². The SMILES string of the molecule is CCC(CC)Oc1ccc(C=CC(=O)O)nc1. The van der Waals surface area contributed by atoms with E-state index in [9.17, 15) is 4.79 Å². The van der Waals surface area contributed by atoms with E-state index < -0.39 is 5.97 Å². The molecule has 0 fully saturated rings. The summed E-state index contributed by atoms with van der Waals surface area (Å²) >= 11 is 0. The van der Waals surface area contributed by atoms with Crippen LogP contribution in [0.4, 0.5) is 0 Å². The summed E-state index contributed by atoms with van der Waals surface area (Å²) in [5, 5.41) is 8.47. The normalized spacial score (nSPS) is 11.0. The topological polar surface area (TPSA) is 59.4 Å². The van der Waals surface area contributed by atoms with Crippen LogP contribution < -0.4 is 4.74 Å². The van der Waals surface area contributed by atoms with Gasteiger partial charge in [-0.05, 0) is 31.1 Å². The first-order valence-electron chi connectivity index (χ1n) is 5.69. The van der Waals surface area contributed by atoms with E-state index in [0.717, 1.165) is 18.9 Å². The molecule has 1 aromatic heterocycles. The number of pyridine rings is 1. The molecule has 1 rings (SSSR count). The smallest absolute Gasteiger partial charge is 0.328 e. The highest BCUT2D eigenvalue weighted by Crippen LogP contribution is 2.14. The van der Waals surface area contributed by atoms with Crippen molar-refractivity contribution in [1.29, 1.82) is 0 Å². The van der Waals surface area contributed by atoms with Crippen molar-refractivity contribution in [2.75, 3.05) is 0 Å². The molecular formula is C13H17NO3. The number of aromatic nitrogens is 1. The van der Waals surface area contributed by atoms with Gasteiger partial charge in [0, 0.05) is 6.08 Å². The molecule has 0 amide bonds. The van der Waals surface area contributed by atoms with E-state index >= 15 is 0 Å². The first kappa shape index (κ1) is 13.2. The van der Waals surface area contributed by atoms with E-state index in [4.69, 9.17) is 9.84 Å². The summed E-state index contributed by atoms with van der Waals surface area (Å²) in [6, 6.07) is 3.53. The van der Waals surface area contributed by atoms with Crippen LogP contribution in [0.2, 0.25) is 0 Å². The Hall–Kier alpha value is -1.84. The summed E-state index contributed by atoms with van der Waals surface area (Å²) in [5.41, 5.74) is 0.601. The molecule has 17 heavy (non-hydrogen) atoms. The summed E-state index contributed by atoms with van der Waals surface area (Å²) in [6.07, 6.45) is 6.23. The molecule has 0 saturated heterocycles. The number of carboxylic acids is 1. The Morgan fingerprint density at radius 1 is 1.47 bits per heavy atom. The summed E-state index contributed by atoms with van der Waals surface area (Å²) in [6.45, 7) is 4.15. The number of hydrogen-bond acceptors (Lipinski definition) is 3. The summed E-state index contributed by atoms with van der Waals surface area (Å²) in [7, 11) is 0. The van der Waals surface area contributed by atoms with Crippen LogP contribution in [0, 0.1) is 0 Å². The highest BCUT2D eigenvalue weighted by atomic mass is 16.5. The monoisotopic (exact) mass is 235 g/mol. The third kappa shape index (κ3) is 4.68. The molecule has 1 aromatic rings. The van der Waals surface area contributed by atoms with Gasteiger partial charge < -0.3 is 9.84 Å². The van der Waals surface area contributed by atoms with Crippen LogP contribution in [0.3, 0.4) is 0 Å². The van der Waals surface area contributed by atoms with Crippen molar-refractivity contribution in [2.24, 2.45) is 0 Å². The first-order chi connectivity index (χ1) is 8.15. The maximum atomic E-state index is 10.3. The van der Waals surface area contributed by atoms with Crippen molar-refractivity contribution < 1.29 is 14.6 Å². The number of aliphatic carboxylic acids is 1. The average Bonchev–Trinajstić information content (AvgIpc) is 2.34. The van der Waals surface area contributed by atoms with Crippen molar-refractivity contribution in [3.05, 3.63) is 30.1 Å². The number of nitrogens with zero attached hydrogens (tertiary/aromatic N) is 1. The molecule has 0 aliphatic rings. The number of ether oxygens (including phenoxy) is 1. The van der Waals surface area contributed by atoms with E-state index in [0.29, 0.717) is 11.4 Å². The predicted molar refractivity (Wildman–Crippen MR) is 65.9 cm³/mol. The van der Waals surface area contributed by atoms with Crippen LogP contribution in [0.1, 0.15) is 32.4 Å². The lowest BCUT2D eigenvalue weighted by atomic mass is 10.2. The maximum absolute atomic E-state index is 10.3. The van der Waals surface area contributed by atoms with Crippen LogP contribution in [-0.2, 0) is 4.79 Å². The fourth-order valence-corrected chi connectivity index (χ4v) is 1.36. The molecule has 92 valence electrons. The number of carbonyl (C=O) groups is 1. The van der Waals surface area contributed by atoms with Gasteiger partial charge in [0.15, 0.2) is 0 Å². The Kier molecular flexibility index (Phi) is 5.20. The van der Waals surface area contributed by atoms with Crippen LogP contribution in [0.25, 0.3) is 6.08 Å². The lowest BCUT2D eigenvalue weighted by Crippen LogP contribution is -2.13. The third-order valence-electron chi connectivity index (χ3n) is 2.37. The fraction of sp³-hybridized carbons (Fsp3) is 0.385. The molecule has 0 unspecified atom stereocenters. The Balaban J connectivity index is 2.64. The van der Waals surface area contributed by atoms with Gasteiger partial charge in [0.25, 0.3) is 0 Å². The van der Waals surface area contributed by atoms with Gasteiger partial charge in [-0.1, -0.05) is 13.8 Å². The fourth-order valence-electron chi connectivity index (χ4n) is 1.36. The van der Waals surface area contributed by atoms with Crippen LogP contribution in [0.15, 0.2) is 24.4 Å². The summed E-state index contributed by atoms with van der Waals surface area (Å²) < 4.78 is 5.69. The lowest BCUT2D eigenvalue weighted by molar-refractivity contribution is -0.131. The minimum atomic E-state index is -0.982. The number of hydrogen-bond donors (Lipinski definition) is 1. The van der Waals surface area contributed by atoms with Crippen molar-refractivity contribution >= 4 is 12.0 Å². The Morgan fingerprint density at radius 2 is 2.18 bits per heavy atom. The maximum Gasteiger partial charge on any atom is 0.328 e. The number of rotatable bonds is 6. The molecule has 4 heteroatoms. The molecule has 0 aliphatic carbocycles. The zero-order chi connectivity index (χ0) is 12.7. The van der Waals surface area contributed by atoms with Gasteiger partial charge >= 0.3 is 5.97 Å². The van der Waals surface area contributed by atoms with E-state index in [1.807, 2.05) is 0 Å². The predicted octanol–water partition coefficient (Wildman–Crippen LogP) is 2.75. The molecule has 0 bridgehead atoms. The van der Waals surface area contributed by atoms with Gasteiger partial charge in [-0.3, -0.25) is 4.98 Å². The second-order valence-corrected chi connectivity index (χ2v) is 3.65. The van der Waals surface area contributed by atoms with Crippen molar-refractivity contribution in [2.45, 2.75) is 32.8 Å². The molecular weight excluding hydrogens is 218 g/mol. The van der Waals surface area contributed by atoms with Crippen LogP contribution in [-0.4, -0.2) is 22.2 Å². The minimum Gasteiger partial charge on any atom is -0.489 e. The molecule has 0 spiro atoms. The lowest BCUT2D eigenvalue weighted by Gasteiger charge is -2.14. The zero-order valence-electron chi connectivity index (χ0n) is 10.1. The number of carboxylic acid groups (broad SMARTS) is 1. The Labute approximate surface area is 101 Å². The van der Waals surface area contributed by atoms with E-state index in [-0.39, 0.29) is 6.10 Å². The zero-order valence-corrected chi connectivity index (χ0v) is 10.1. The van der Waals surface area contributed by atoms with Crippen LogP contribution in [0.5, 0.6) is 5.75 Å². The van der Waals surface area contributed by atoms with E-state index in [1.54, 1.807) is 18.3 Å². The molecule has 4 nitrogen and oxygen atoms in total. The van der Waals surface area contributed by atoms with Crippen molar-refractivity contribution in [1.82, 2.24) is 4.98 Å². The van der Waals surface area contributed by atoms with Gasteiger partial charge in [0.05, 0.1) is 18.0 Å².